The highest BCUT2D eigenvalue weighted by atomic mass is 16.5. The molecule has 0 saturated heterocycles. The van der Waals surface area contributed by atoms with Crippen molar-refractivity contribution in [3.8, 4) is 11.5 Å². The second-order valence-corrected chi connectivity index (χ2v) is 5.83. The van der Waals surface area contributed by atoms with Crippen molar-refractivity contribution in [2.45, 2.75) is 19.8 Å². The molecule has 0 spiro atoms. The van der Waals surface area contributed by atoms with Crippen LogP contribution in [-0.2, 0) is 11.2 Å². The van der Waals surface area contributed by atoms with E-state index in [4.69, 9.17) is 4.52 Å². The van der Waals surface area contributed by atoms with Crippen LogP contribution in [0.1, 0.15) is 28.2 Å². The van der Waals surface area contributed by atoms with Crippen LogP contribution < -0.4 is 10.6 Å². The summed E-state index contributed by atoms with van der Waals surface area (Å²) in [4.78, 5) is 32.5. The lowest BCUT2D eigenvalue weighted by molar-refractivity contribution is -0.116. The van der Waals surface area contributed by atoms with Gasteiger partial charge >= 0.3 is 0 Å². The van der Waals surface area contributed by atoms with E-state index in [0.717, 1.165) is 0 Å². The van der Waals surface area contributed by atoms with E-state index in [2.05, 4.69) is 25.8 Å². The molecule has 8 nitrogen and oxygen atoms in total. The largest absolute Gasteiger partial charge is 0.355 e. The Kier molecular flexibility index (Phi) is 5.55. The van der Waals surface area contributed by atoms with Crippen LogP contribution in [0.5, 0.6) is 0 Å². The smallest absolute Gasteiger partial charge is 0.251 e. The van der Waals surface area contributed by atoms with Crippen LogP contribution in [0.3, 0.4) is 0 Å². The molecule has 2 aromatic heterocycles. The maximum absolute atomic E-state index is 12.3. The van der Waals surface area contributed by atoms with Gasteiger partial charge in [-0.05, 0) is 36.8 Å². The number of benzene rings is 1. The van der Waals surface area contributed by atoms with E-state index in [1.807, 2.05) is 6.07 Å². The number of hydrogen-bond donors (Lipinski definition) is 2. The van der Waals surface area contributed by atoms with Gasteiger partial charge in [-0.1, -0.05) is 17.3 Å². The quantitative estimate of drug-likeness (QED) is 0.694. The first-order valence-electron chi connectivity index (χ1n) is 8.44. The molecular weight excluding hydrogens is 346 g/mol. The van der Waals surface area contributed by atoms with Gasteiger partial charge in [0.25, 0.3) is 5.91 Å². The van der Waals surface area contributed by atoms with Crippen LogP contribution >= 0.6 is 0 Å². The highest BCUT2D eigenvalue weighted by Crippen LogP contribution is 2.19. The van der Waals surface area contributed by atoms with Gasteiger partial charge in [0.2, 0.25) is 17.6 Å². The van der Waals surface area contributed by atoms with E-state index in [-0.39, 0.29) is 18.2 Å². The van der Waals surface area contributed by atoms with Gasteiger partial charge in [-0.3, -0.25) is 14.6 Å². The average molecular weight is 365 g/mol. The first kappa shape index (κ1) is 18.2. The predicted molar refractivity (Wildman–Crippen MR) is 99.0 cm³/mol. The molecule has 0 unspecified atom stereocenters. The third kappa shape index (κ3) is 4.35. The summed E-state index contributed by atoms with van der Waals surface area (Å²) in [5.74, 6) is 0.350. The fraction of sp³-hybridized carbons (Fsp3) is 0.211. The summed E-state index contributed by atoms with van der Waals surface area (Å²) >= 11 is 0. The number of carbonyl (C=O) groups is 2. The maximum Gasteiger partial charge on any atom is 0.251 e. The highest BCUT2D eigenvalue weighted by molar-refractivity contribution is 5.99. The summed E-state index contributed by atoms with van der Waals surface area (Å²) in [7, 11) is 1.57. The van der Waals surface area contributed by atoms with Gasteiger partial charge < -0.3 is 15.2 Å². The monoisotopic (exact) mass is 365 g/mol. The molecule has 1 aromatic carbocycles. The van der Waals surface area contributed by atoms with Crippen molar-refractivity contribution in [3.63, 3.8) is 0 Å². The molecule has 0 saturated carbocycles. The molecule has 0 aliphatic carbocycles. The van der Waals surface area contributed by atoms with Crippen LogP contribution in [0, 0.1) is 6.92 Å². The molecule has 2 heterocycles. The third-order valence-corrected chi connectivity index (χ3v) is 4.01. The lowest BCUT2D eigenvalue weighted by Crippen LogP contribution is -2.20. The summed E-state index contributed by atoms with van der Waals surface area (Å²) in [5.41, 5.74) is 2.44. The number of pyridine rings is 1. The Morgan fingerprint density at radius 3 is 2.74 bits per heavy atom. The number of nitrogens with zero attached hydrogens (tertiary/aromatic N) is 3. The normalized spacial score (nSPS) is 10.4. The molecule has 0 bridgehead atoms. The van der Waals surface area contributed by atoms with E-state index in [9.17, 15) is 9.59 Å². The summed E-state index contributed by atoms with van der Waals surface area (Å²) in [6.07, 6.45) is 2.13. The Bertz CT molecular complexity index is 953. The van der Waals surface area contributed by atoms with Crippen LogP contribution in [0.2, 0.25) is 0 Å². The zero-order valence-corrected chi connectivity index (χ0v) is 15.0. The minimum Gasteiger partial charge on any atom is -0.355 e. The van der Waals surface area contributed by atoms with Crippen molar-refractivity contribution in [2.75, 3.05) is 12.4 Å². The molecule has 0 radical (unpaired) electrons. The molecule has 2 N–H and O–H groups in total. The first-order chi connectivity index (χ1) is 13.1. The van der Waals surface area contributed by atoms with Crippen molar-refractivity contribution < 1.29 is 14.1 Å². The minimum absolute atomic E-state index is 0.174. The molecule has 2 amide bonds. The summed E-state index contributed by atoms with van der Waals surface area (Å²) in [6, 6.07) is 10.6. The Labute approximate surface area is 156 Å². The number of nitrogens with one attached hydrogen (secondary N) is 2. The molecule has 3 rings (SSSR count). The van der Waals surface area contributed by atoms with Crippen LogP contribution in [-0.4, -0.2) is 34.0 Å². The Morgan fingerprint density at radius 2 is 2.00 bits per heavy atom. The predicted octanol–water partition coefficient (Wildman–Crippen LogP) is 2.37. The van der Waals surface area contributed by atoms with Gasteiger partial charge in [-0.2, -0.15) is 4.98 Å². The number of rotatable bonds is 6. The standard InChI is InChI=1S/C19H19N5O3/c1-12-13(19(26)20-2)6-5-8-14(12)22-16(25)9-10-17-23-18(24-27-17)15-7-3-4-11-21-15/h3-8,11H,9-10H2,1-2H3,(H,20,26)(H,22,25). The lowest BCUT2D eigenvalue weighted by Gasteiger charge is -2.11. The molecule has 27 heavy (non-hydrogen) atoms. The van der Waals surface area contributed by atoms with Crippen LogP contribution in [0.4, 0.5) is 5.69 Å². The Balaban J connectivity index is 1.61. The maximum atomic E-state index is 12.3. The zero-order valence-electron chi connectivity index (χ0n) is 15.0. The van der Waals surface area contributed by atoms with Gasteiger partial charge in [0.1, 0.15) is 5.69 Å². The van der Waals surface area contributed by atoms with Gasteiger partial charge in [-0.15, -0.1) is 0 Å². The molecular formula is C19H19N5O3. The Hall–Kier alpha value is -3.55. The van der Waals surface area contributed by atoms with Crippen molar-refractivity contribution in [3.05, 3.63) is 59.6 Å². The van der Waals surface area contributed by atoms with Crippen molar-refractivity contribution in [1.29, 1.82) is 0 Å². The van der Waals surface area contributed by atoms with Crippen molar-refractivity contribution >= 4 is 17.5 Å². The number of amides is 2. The first-order valence-corrected chi connectivity index (χ1v) is 8.44. The molecule has 0 aliphatic heterocycles. The van der Waals surface area contributed by atoms with E-state index >= 15 is 0 Å². The average Bonchev–Trinajstić information content (AvgIpc) is 3.17. The summed E-state index contributed by atoms with van der Waals surface area (Å²) in [5, 5.41) is 9.28. The number of hydrogen-bond acceptors (Lipinski definition) is 6. The number of aryl methyl sites for hydroxylation is 1. The molecule has 138 valence electrons. The molecule has 8 heteroatoms. The number of anilines is 1. The summed E-state index contributed by atoms with van der Waals surface area (Å²) < 4.78 is 5.17. The molecule has 0 aliphatic rings. The fourth-order valence-corrected chi connectivity index (χ4v) is 2.54. The number of aromatic nitrogens is 3. The number of carbonyl (C=O) groups excluding carboxylic acids is 2. The second kappa shape index (κ2) is 8.22. The van der Waals surface area contributed by atoms with Crippen LogP contribution in [0.25, 0.3) is 11.5 Å². The van der Waals surface area contributed by atoms with Crippen molar-refractivity contribution in [1.82, 2.24) is 20.4 Å². The van der Waals surface area contributed by atoms with E-state index in [1.165, 1.54) is 0 Å². The van der Waals surface area contributed by atoms with E-state index < -0.39 is 0 Å². The molecule has 0 atom stereocenters. The SMILES string of the molecule is CNC(=O)c1cccc(NC(=O)CCc2nc(-c3ccccn3)no2)c1C. The second-order valence-electron chi connectivity index (χ2n) is 5.83. The van der Waals surface area contributed by atoms with Gasteiger partial charge in [-0.25, -0.2) is 0 Å². The van der Waals surface area contributed by atoms with Gasteiger partial charge in [0, 0.05) is 37.3 Å². The minimum atomic E-state index is -0.204. The zero-order chi connectivity index (χ0) is 19.2. The topological polar surface area (TPSA) is 110 Å². The van der Waals surface area contributed by atoms with Crippen molar-refractivity contribution in [2.24, 2.45) is 0 Å². The van der Waals surface area contributed by atoms with Crippen LogP contribution in [0.15, 0.2) is 47.1 Å². The highest BCUT2D eigenvalue weighted by Gasteiger charge is 2.14. The van der Waals surface area contributed by atoms with Gasteiger partial charge in [0.15, 0.2) is 0 Å². The third-order valence-electron chi connectivity index (χ3n) is 4.01. The lowest BCUT2D eigenvalue weighted by atomic mass is 10.1. The van der Waals surface area contributed by atoms with E-state index in [1.54, 1.807) is 50.5 Å². The molecule has 0 fully saturated rings. The fourth-order valence-electron chi connectivity index (χ4n) is 2.54. The van der Waals surface area contributed by atoms with E-state index in [0.29, 0.717) is 40.6 Å². The Morgan fingerprint density at radius 1 is 1.15 bits per heavy atom. The summed E-state index contributed by atoms with van der Waals surface area (Å²) in [6.45, 7) is 1.79. The van der Waals surface area contributed by atoms with Gasteiger partial charge in [0.05, 0.1) is 0 Å². The molecule has 3 aromatic rings.